The Balaban J connectivity index is 1.80. The van der Waals surface area contributed by atoms with E-state index in [4.69, 9.17) is 0 Å². The molecule has 2 unspecified atom stereocenters. The van der Waals surface area contributed by atoms with Crippen LogP contribution in [-0.4, -0.2) is 25.2 Å². The van der Waals surface area contributed by atoms with E-state index in [0.29, 0.717) is 11.0 Å². The lowest BCUT2D eigenvalue weighted by Gasteiger charge is -2.49. The standard InChI is InChI=1S/C14H28N2/c1-4-13(10-15-11-13)7-6-12(3)14(5-2)8-9-16-14/h12,15-16H,4-11H2,1-3H3. The average Bonchev–Trinajstić information content (AvgIpc) is 2.16. The van der Waals surface area contributed by atoms with Gasteiger partial charge in [-0.25, -0.2) is 0 Å². The summed E-state index contributed by atoms with van der Waals surface area (Å²) < 4.78 is 0. The lowest BCUT2D eigenvalue weighted by Crippen LogP contribution is -2.61. The van der Waals surface area contributed by atoms with Gasteiger partial charge in [-0.15, -0.1) is 0 Å². The maximum atomic E-state index is 3.68. The van der Waals surface area contributed by atoms with Gasteiger partial charge in [-0.05, 0) is 50.0 Å². The molecule has 2 fully saturated rings. The van der Waals surface area contributed by atoms with Gasteiger partial charge in [0.25, 0.3) is 0 Å². The Morgan fingerprint density at radius 1 is 1.19 bits per heavy atom. The molecule has 2 aliphatic heterocycles. The molecule has 0 aromatic rings. The Morgan fingerprint density at radius 2 is 1.88 bits per heavy atom. The third-order valence-corrected chi connectivity index (χ3v) is 5.48. The molecule has 0 spiro atoms. The summed E-state index contributed by atoms with van der Waals surface area (Å²) in [7, 11) is 0. The maximum Gasteiger partial charge on any atom is 0.0216 e. The van der Waals surface area contributed by atoms with Crippen molar-refractivity contribution in [3.8, 4) is 0 Å². The van der Waals surface area contributed by atoms with Crippen LogP contribution in [0.25, 0.3) is 0 Å². The van der Waals surface area contributed by atoms with Crippen LogP contribution in [0.2, 0.25) is 0 Å². The van der Waals surface area contributed by atoms with Crippen LogP contribution in [0.5, 0.6) is 0 Å². The van der Waals surface area contributed by atoms with Gasteiger partial charge in [0.15, 0.2) is 0 Å². The summed E-state index contributed by atoms with van der Waals surface area (Å²) in [4.78, 5) is 0. The highest BCUT2D eigenvalue weighted by molar-refractivity contribution is 5.00. The molecule has 2 rings (SSSR count). The van der Waals surface area contributed by atoms with E-state index in [2.05, 4.69) is 31.4 Å². The first-order valence-corrected chi connectivity index (χ1v) is 7.12. The second kappa shape index (κ2) is 4.66. The largest absolute Gasteiger partial charge is 0.316 e. The molecule has 0 aromatic heterocycles. The summed E-state index contributed by atoms with van der Waals surface area (Å²) in [5, 5.41) is 7.12. The van der Waals surface area contributed by atoms with Crippen molar-refractivity contribution in [1.82, 2.24) is 10.6 Å². The summed E-state index contributed by atoms with van der Waals surface area (Å²) in [5.74, 6) is 0.843. The van der Waals surface area contributed by atoms with Crippen LogP contribution in [-0.2, 0) is 0 Å². The second-order valence-corrected chi connectivity index (χ2v) is 6.08. The summed E-state index contributed by atoms with van der Waals surface area (Å²) in [6.45, 7) is 10.9. The molecule has 2 nitrogen and oxygen atoms in total. The first-order chi connectivity index (χ1) is 7.66. The van der Waals surface area contributed by atoms with Crippen LogP contribution in [0.3, 0.4) is 0 Å². The maximum absolute atomic E-state index is 3.68. The zero-order valence-electron chi connectivity index (χ0n) is 11.2. The number of hydrogen-bond donors (Lipinski definition) is 2. The van der Waals surface area contributed by atoms with Crippen molar-refractivity contribution in [2.45, 2.75) is 58.4 Å². The van der Waals surface area contributed by atoms with Crippen molar-refractivity contribution in [1.29, 1.82) is 0 Å². The predicted molar refractivity (Wildman–Crippen MR) is 69.6 cm³/mol. The molecule has 2 atom stereocenters. The molecule has 2 N–H and O–H groups in total. The zero-order chi connectivity index (χ0) is 11.6. The molecule has 0 radical (unpaired) electrons. The summed E-state index contributed by atoms with van der Waals surface area (Å²) in [6.07, 6.45) is 6.85. The third kappa shape index (κ3) is 2.02. The molecular formula is C14H28N2. The fourth-order valence-corrected chi connectivity index (χ4v) is 3.40. The summed E-state index contributed by atoms with van der Waals surface area (Å²) in [5.41, 5.74) is 1.14. The molecule has 2 heterocycles. The van der Waals surface area contributed by atoms with Gasteiger partial charge >= 0.3 is 0 Å². The molecule has 94 valence electrons. The first kappa shape index (κ1) is 12.4. The Hall–Kier alpha value is -0.0800. The van der Waals surface area contributed by atoms with Gasteiger partial charge in [0.05, 0.1) is 0 Å². The van der Waals surface area contributed by atoms with Crippen LogP contribution < -0.4 is 10.6 Å². The Kier molecular flexibility index (Phi) is 3.60. The van der Waals surface area contributed by atoms with Crippen molar-refractivity contribution in [2.24, 2.45) is 11.3 Å². The fraction of sp³-hybridized carbons (Fsp3) is 1.00. The molecule has 2 saturated heterocycles. The van der Waals surface area contributed by atoms with E-state index < -0.39 is 0 Å². The molecule has 2 aliphatic rings. The van der Waals surface area contributed by atoms with E-state index in [1.807, 2.05) is 0 Å². The molecule has 2 heteroatoms. The number of hydrogen-bond acceptors (Lipinski definition) is 2. The predicted octanol–water partition coefficient (Wildman–Crippen LogP) is 2.54. The van der Waals surface area contributed by atoms with E-state index in [-0.39, 0.29) is 0 Å². The van der Waals surface area contributed by atoms with Crippen LogP contribution in [0.15, 0.2) is 0 Å². The highest BCUT2D eigenvalue weighted by Gasteiger charge is 2.41. The highest BCUT2D eigenvalue weighted by atomic mass is 15.1. The van der Waals surface area contributed by atoms with Gasteiger partial charge in [0.2, 0.25) is 0 Å². The molecule has 0 amide bonds. The molecular weight excluding hydrogens is 196 g/mol. The molecule has 0 bridgehead atoms. The molecule has 0 saturated carbocycles. The average molecular weight is 224 g/mol. The van der Waals surface area contributed by atoms with E-state index >= 15 is 0 Å². The fourth-order valence-electron chi connectivity index (χ4n) is 3.40. The van der Waals surface area contributed by atoms with E-state index in [1.165, 1.54) is 51.7 Å². The van der Waals surface area contributed by atoms with Crippen molar-refractivity contribution in [2.75, 3.05) is 19.6 Å². The SMILES string of the molecule is CCC1(CCC(C)C2(CC)CCN2)CNC1. The van der Waals surface area contributed by atoms with Gasteiger partial charge in [0.1, 0.15) is 0 Å². The smallest absolute Gasteiger partial charge is 0.0216 e. The van der Waals surface area contributed by atoms with Crippen molar-refractivity contribution < 1.29 is 0 Å². The lowest BCUT2D eigenvalue weighted by atomic mass is 9.68. The molecule has 16 heavy (non-hydrogen) atoms. The van der Waals surface area contributed by atoms with E-state index in [9.17, 15) is 0 Å². The van der Waals surface area contributed by atoms with E-state index in [0.717, 1.165) is 5.92 Å². The van der Waals surface area contributed by atoms with Crippen LogP contribution >= 0.6 is 0 Å². The summed E-state index contributed by atoms with van der Waals surface area (Å²) >= 11 is 0. The van der Waals surface area contributed by atoms with Gasteiger partial charge in [0, 0.05) is 18.6 Å². The Labute approximate surface area is 101 Å². The van der Waals surface area contributed by atoms with Crippen LogP contribution in [0, 0.1) is 11.3 Å². The van der Waals surface area contributed by atoms with Gasteiger partial charge in [-0.1, -0.05) is 20.8 Å². The topological polar surface area (TPSA) is 24.1 Å². The van der Waals surface area contributed by atoms with Crippen LogP contribution in [0.1, 0.15) is 52.9 Å². The van der Waals surface area contributed by atoms with Gasteiger partial charge in [-0.2, -0.15) is 0 Å². The van der Waals surface area contributed by atoms with E-state index in [1.54, 1.807) is 0 Å². The lowest BCUT2D eigenvalue weighted by molar-refractivity contribution is 0.0818. The highest BCUT2D eigenvalue weighted by Crippen LogP contribution is 2.39. The monoisotopic (exact) mass is 224 g/mol. The van der Waals surface area contributed by atoms with Crippen LogP contribution in [0.4, 0.5) is 0 Å². The Bertz CT molecular complexity index is 218. The molecule has 0 aromatic carbocycles. The minimum atomic E-state index is 0.492. The molecule has 0 aliphatic carbocycles. The minimum Gasteiger partial charge on any atom is -0.316 e. The van der Waals surface area contributed by atoms with Gasteiger partial charge < -0.3 is 10.6 Å². The van der Waals surface area contributed by atoms with Gasteiger partial charge in [-0.3, -0.25) is 0 Å². The summed E-state index contributed by atoms with van der Waals surface area (Å²) in [6, 6.07) is 0. The second-order valence-electron chi connectivity index (χ2n) is 6.08. The number of rotatable bonds is 6. The third-order valence-electron chi connectivity index (χ3n) is 5.48. The normalized spacial score (nSPS) is 33.9. The first-order valence-electron chi connectivity index (χ1n) is 7.12. The Morgan fingerprint density at radius 3 is 2.19 bits per heavy atom. The van der Waals surface area contributed by atoms with Crippen molar-refractivity contribution in [3.05, 3.63) is 0 Å². The van der Waals surface area contributed by atoms with Crippen molar-refractivity contribution >= 4 is 0 Å². The minimum absolute atomic E-state index is 0.492. The number of nitrogens with one attached hydrogen (secondary N) is 2. The zero-order valence-corrected chi connectivity index (χ0v) is 11.2. The quantitative estimate of drug-likeness (QED) is 0.724. The van der Waals surface area contributed by atoms with Crippen molar-refractivity contribution in [3.63, 3.8) is 0 Å².